The summed E-state index contributed by atoms with van der Waals surface area (Å²) in [4.78, 5) is 15.9. The first kappa shape index (κ1) is 11.0. The predicted octanol–water partition coefficient (Wildman–Crippen LogP) is -0.285. The summed E-state index contributed by atoms with van der Waals surface area (Å²) in [7, 11) is 0. The average molecular weight is 212 g/mol. The van der Waals surface area contributed by atoms with Crippen molar-refractivity contribution < 1.29 is 9.90 Å². The lowest BCUT2D eigenvalue weighted by molar-refractivity contribution is -0.122. The van der Waals surface area contributed by atoms with Crippen LogP contribution in [0.2, 0.25) is 0 Å². The first-order valence-corrected chi connectivity index (χ1v) is 5.74. The third-order valence-corrected chi connectivity index (χ3v) is 3.76. The van der Waals surface area contributed by atoms with Gasteiger partial charge in [-0.25, -0.2) is 0 Å². The van der Waals surface area contributed by atoms with E-state index in [4.69, 9.17) is 0 Å². The molecular weight excluding hydrogens is 192 g/mol. The number of piperazine rings is 1. The molecule has 2 heterocycles. The summed E-state index contributed by atoms with van der Waals surface area (Å²) >= 11 is 0. The van der Waals surface area contributed by atoms with Gasteiger partial charge in [-0.3, -0.25) is 14.6 Å². The maximum absolute atomic E-state index is 11.3. The van der Waals surface area contributed by atoms with Gasteiger partial charge in [-0.1, -0.05) is 0 Å². The molecule has 4 nitrogen and oxygen atoms in total. The Hall–Kier alpha value is -0.450. The normalized spacial score (nSPS) is 35.1. The third-order valence-electron chi connectivity index (χ3n) is 3.76. The molecule has 2 saturated heterocycles. The van der Waals surface area contributed by atoms with E-state index in [-0.39, 0.29) is 17.9 Å². The molecule has 3 unspecified atom stereocenters. The summed E-state index contributed by atoms with van der Waals surface area (Å²) < 4.78 is 0. The lowest BCUT2D eigenvalue weighted by Crippen LogP contribution is -2.54. The number of ketones is 1. The summed E-state index contributed by atoms with van der Waals surface area (Å²) in [5, 5.41) is 9.57. The van der Waals surface area contributed by atoms with E-state index in [0.29, 0.717) is 6.04 Å². The fourth-order valence-corrected chi connectivity index (χ4v) is 2.65. The van der Waals surface area contributed by atoms with Crippen molar-refractivity contribution in [2.75, 3.05) is 26.2 Å². The van der Waals surface area contributed by atoms with Gasteiger partial charge in [0.15, 0.2) is 0 Å². The van der Waals surface area contributed by atoms with Crippen molar-refractivity contribution in [3.8, 4) is 0 Å². The van der Waals surface area contributed by atoms with Crippen LogP contribution in [0.3, 0.4) is 0 Å². The van der Waals surface area contributed by atoms with Crippen molar-refractivity contribution in [3.63, 3.8) is 0 Å². The van der Waals surface area contributed by atoms with E-state index >= 15 is 0 Å². The first-order chi connectivity index (χ1) is 7.08. The Morgan fingerprint density at radius 1 is 1.40 bits per heavy atom. The molecule has 0 radical (unpaired) electrons. The summed E-state index contributed by atoms with van der Waals surface area (Å²) in [6.07, 6.45) is 0.698. The molecule has 2 rings (SSSR count). The molecular formula is C11H20N2O2. The molecule has 2 fully saturated rings. The SMILES string of the molecule is CC(=O)C(C)N1CCN2CC(O)CC2C1. The van der Waals surface area contributed by atoms with Crippen LogP contribution in [0.15, 0.2) is 0 Å². The summed E-state index contributed by atoms with van der Waals surface area (Å²) in [6, 6.07) is 0.487. The highest BCUT2D eigenvalue weighted by Gasteiger charge is 2.36. The van der Waals surface area contributed by atoms with Gasteiger partial charge in [0, 0.05) is 32.2 Å². The summed E-state index contributed by atoms with van der Waals surface area (Å²) in [5.41, 5.74) is 0. The Bertz CT molecular complexity index is 257. The average Bonchev–Trinajstić information content (AvgIpc) is 2.55. The van der Waals surface area contributed by atoms with Crippen molar-refractivity contribution in [3.05, 3.63) is 0 Å². The Balaban J connectivity index is 1.95. The van der Waals surface area contributed by atoms with E-state index < -0.39 is 0 Å². The molecule has 4 heteroatoms. The molecule has 1 N–H and O–H groups in total. The van der Waals surface area contributed by atoms with Gasteiger partial charge in [0.25, 0.3) is 0 Å². The Kier molecular flexibility index (Phi) is 3.09. The molecule has 2 aliphatic rings. The number of aliphatic hydroxyl groups is 1. The van der Waals surface area contributed by atoms with Crippen molar-refractivity contribution >= 4 is 5.78 Å². The van der Waals surface area contributed by atoms with Crippen LogP contribution >= 0.6 is 0 Å². The molecule has 0 saturated carbocycles. The fourth-order valence-electron chi connectivity index (χ4n) is 2.65. The van der Waals surface area contributed by atoms with Crippen molar-refractivity contribution in [2.45, 2.75) is 38.5 Å². The van der Waals surface area contributed by atoms with Crippen LogP contribution in [0.1, 0.15) is 20.3 Å². The molecule has 2 aliphatic heterocycles. The topological polar surface area (TPSA) is 43.8 Å². The predicted molar refractivity (Wildman–Crippen MR) is 57.7 cm³/mol. The van der Waals surface area contributed by atoms with Gasteiger partial charge >= 0.3 is 0 Å². The highest BCUT2D eigenvalue weighted by atomic mass is 16.3. The minimum Gasteiger partial charge on any atom is -0.392 e. The minimum atomic E-state index is -0.164. The molecule has 3 atom stereocenters. The number of hydrogen-bond acceptors (Lipinski definition) is 4. The number of rotatable bonds is 2. The van der Waals surface area contributed by atoms with Crippen LogP contribution in [0, 0.1) is 0 Å². The molecule has 0 spiro atoms. The maximum Gasteiger partial charge on any atom is 0.146 e. The van der Waals surface area contributed by atoms with Gasteiger partial charge in [-0.15, -0.1) is 0 Å². The number of nitrogens with zero attached hydrogens (tertiary/aromatic N) is 2. The van der Waals surface area contributed by atoms with Crippen LogP contribution in [-0.2, 0) is 4.79 Å². The first-order valence-electron chi connectivity index (χ1n) is 5.74. The van der Waals surface area contributed by atoms with Gasteiger partial charge < -0.3 is 5.11 Å². The number of carbonyl (C=O) groups is 1. The van der Waals surface area contributed by atoms with Crippen LogP contribution < -0.4 is 0 Å². The lowest BCUT2D eigenvalue weighted by Gasteiger charge is -2.39. The molecule has 15 heavy (non-hydrogen) atoms. The number of carbonyl (C=O) groups excluding carboxylic acids is 1. The molecule has 0 bridgehead atoms. The van der Waals surface area contributed by atoms with Crippen LogP contribution in [-0.4, -0.2) is 65.1 Å². The zero-order chi connectivity index (χ0) is 11.0. The number of Topliss-reactive ketones (excluding diaryl/α,β-unsaturated/α-hetero) is 1. The zero-order valence-electron chi connectivity index (χ0n) is 9.52. The lowest BCUT2D eigenvalue weighted by atomic mass is 10.1. The van der Waals surface area contributed by atoms with Gasteiger partial charge in [-0.2, -0.15) is 0 Å². The Morgan fingerprint density at radius 3 is 2.80 bits per heavy atom. The van der Waals surface area contributed by atoms with Crippen molar-refractivity contribution in [1.29, 1.82) is 0 Å². The number of fused-ring (bicyclic) bond motifs is 1. The van der Waals surface area contributed by atoms with E-state index in [2.05, 4.69) is 9.80 Å². The highest BCUT2D eigenvalue weighted by molar-refractivity contribution is 5.80. The number of hydrogen-bond donors (Lipinski definition) is 1. The monoisotopic (exact) mass is 212 g/mol. The standard InChI is InChI=1S/C11H20N2O2/c1-8(9(2)14)12-3-4-13-7-11(15)5-10(13)6-12/h8,10-11,15H,3-7H2,1-2H3. The minimum absolute atomic E-state index is 0.0323. The van der Waals surface area contributed by atoms with Gasteiger partial charge in [-0.05, 0) is 20.3 Å². The quantitative estimate of drug-likeness (QED) is 0.683. The highest BCUT2D eigenvalue weighted by Crippen LogP contribution is 2.23. The van der Waals surface area contributed by atoms with Gasteiger partial charge in [0.2, 0.25) is 0 Å². The second-order valence-electron chi connectivity index (χ2n) is 4.82. The smallest absolute Gasteiger partial charge is 0.146 e. The van der Waals surface area contributed by atoms with E-state index in [9.17, 15) is 9.90 Å². The van der Waals surface area contributed by atoms with E-state index in [1.807, 2.05) is 6.92 Å². The molecule has 0 aliphatic carbocycles. The van der Waals surface area contributed by atoms with Crippen LogP contribution in [0.4, 0.5) is 0 Å². The molecule has 86 valence electrons. The maximum atomic E-state index is 11.3. The van der Waals surface area contributed by atoms with Gasteiger partial charge in [0.05, 0.1) is 12.1 Å². The largest absolute Gasteiger partial charge is 0.392 e. The summed E-state index contributed by atoms with van der Waals surface area (Å²) in [6.45, 7) is 7.30. The van der Waals surface area contributed by atoms with E-state index in [1.165, 1.54) is 0 Å². The second-order valence-corrected chi connectivity index (χ2v) is 4.82. The molecule has 0 aromatic rings. The molecule has 0 amide bonds. The van der Waals surface area contributed by atoms with Crippen LogP contribution in [0.25, 0.3) is 0 Å². The van der Waals surface area contributed by atoms with Crippen molar-refractivity contribution in [2.24, 2.45) is 0 Å². The fraction of sp³-hybridized carbons (Fsp3) is 0.909. The molecule has 0 aromatic carbocycles. The van der Waals surface area contributed by atoms with E-state index in [0.717, 1.165) is 32.6 Å². The number of aliphatic hydroxyl groups excluding tert-OH is 1. The third kappa shape index (κ3) is 2.22. The van der Waals surface area contributed by atoms with Crippen LogP contribution in [0.5, 0.6) is 0 Å². The summed E-state index contributed by atoms with van der Waals surface area (Å²) in [5.74, 6) is 0.238. The Morgan fingerprint density at radius 2 is 2.13 bits per heavy atom. The van der Waals surface area contributed by atoms with E-state index in [1.54, 1.807) is 6.92 Å². The Labute approximate surface area is 90.9 Å². The zero-order valence-corrected chi connectivity index (χ0v) is 9.52. The molecule has 0 aromatic heterocycles. The van der Waals surface area contributed by atoms with Gasteiger partial charge in [0.1, 0.15) is 5.78 Å². The van der Waals surface area contributed by atoms with Crippen molar-refractivity contribution in [1.82, 2.24) is 9.80 Å². The second kappa shape index (κ2) is 4.20.